The monoisotopic (exact) mass is 345 g/mol. The van der Waals surface area contributed by atoms with Gasteiger partial charge in [0.2, 0.25) is 0 Å². The second kappa shape index (κ2) is 6.44. The Kier molecular flexibility index (Phi) is 4.37. The van der Waals surface area contributed by atoms with Crippen LogP contribution in [0.25, 0.3) is 5.69 Å². The van der Waals surface area contributed by atoms with Gasteiger partial charge in [0.05, 0.1) is 22.1 Å². The Morgan fingerprint density at radius 3 is 2.39 bits per heavy atom. The number of benzene rings is 2. The predicted molar refractivity (Wildman–Crippen MR) is 92.7 cm³/mol. The van der Waals surface area contributed by atoms with Gasteiger partial charge in [-0.1, -0.05) is 53.5 Å². The molecule has 0 saturated carbocycles. The van der Waals surface area contributed by atoms with E-state index >= 15 is 0 Å². The third-order valence-corrected chi connectivity index (χ3v) is 4.03. The van der Waals surface area contributed by atoms with Gasteiger partial charge in [-0.05, 0) is 31.2 Å². The highest BCUT2D eigenvalue weighted by atomic mass is 35.5. The van der Waals surface area contributed by atoms with Crippen LogP contribution in [0.3, 0.4) is 0 Å². The van der Waals surface area contributed by atoms with Gasteiger partial charge in [-0.2, -0.15) is 5.10 Å². The Hall–Kier alpha value is -2.30. The van der Waals surface area contributed by atoms with Crippen molar-refractivity contribution in [1.82, 2.24) is 9.78 Å². The van der Waals surface area contributed by atoms with Crippen LogP contribution in [-0.2, 0) is 0 Å². The Morgan fingerprint density at radius 2 is 1.70 bits per heavy atom. The summed E-state index contributed by atoms with van der Waals surface area (Å²) < 4.78 is 1.54. The number of carbonyl (C=O) groups excluding carboxylic acids is 1. The number of halogens is 2. The minimum Gasteiger partial charge on any atom is -0.320 e. The Morgan fingerprint density at radius 1 is 1.04 bits per heavy atom. The Labute approximate surface area is 143 Å². The molecule has 0 saturated heterocycles. The second-order valence-corrected chi connectivity index (χ2v) is 5.70. The molecule has 4 nitrogen and oxygen atoms in total. The van der Waals surface area contributed by atoms with Crippen molar-refractivity contribution in [1.29, 1.82) is 0 Å². The molecule has 0 atom stereocenters. The fourth-order valence-electron chi connectivity index (χ4n) is 2.24. The van der Waals surface area contributed by atoms with E-state index in [-0.39, 0.29) is 11.1 Å². The van der Waals surface area contributed by atoms with Gasteiger partial charge in [-0.25, -0.2) is 4.68 Å². The van der Waals surface area contributed by atoms with Crippen molar-refractivity contribution in [2.75, 3.05) is 5.32 Å². The van der Waals surface area contributed by atoms with Crippen molar-refractivity contribution in [3.63, 3.8) is 0 Å². The quantitative estimate of drug-likeness (QED) is 0.745. The van der Waals surface area contributed by atoms with Gasteiger partial charge in [0.15, 0.2) is 0 Å². The fraction of sp³-hybridized carbons (Fsp3) is 0.0588. The molecule has 0 bridgehead atoms. The summed E-state index contributed by atoms with van der Waals surface area (Å²) in [6.07, 6.45) is 0. The number of anilines is 1. The van der Waals surface area contributed by atoms with E-state index in [1.165, 1.54) is 0 Å². The van der Waals surface area contributed by atoms with Gasteiger partial charge in [-0.3, -0.25) is 4.79 Å². The van der Waals surface area contributed by atoms with E-state index in [1.807, 2.05) is 30.3 Å². The number of nitrogens with zero attached hydrogens (tertiary/aromatic N) is 2. The number of nitrogens with one attached hydrogen (secondary N) is 1. The van der Waals surface area contributed by atoms with E-state index in [9.17, 15) is 4.79 Å². The summed E-state index contributed by atoms with van der Waals surface area (Å²) >= 11 is 12.4. The lowest BCUT2D eigenvalue weighted by atomic mass is 10.2. The number of para-hydroxylation sites is 2. The molecule has 1 amide bonds. The van der Waals surface area contributed by atoms with Crippen LogP contribution in [0.15, 0.2) is 54.6 Å². The van der Waals surface area contributed by atoms with Crippen molar-refractivity contribution in [3.05, 3.63) is 76.0 Å². The van der Waals surface area contributed by atoms with Gasteiger partial charge in [0, 0.05) is 0 Å². The maximum absolute atomic E-state index is 12.5. The summed E-state index contributed by atoms with van der Waals surface area (Å²) in [4.78, 5) is 12.5. The molecule has 0 aliphatic rings. The number of aromatic nitrogens is 2. The van der Waals surface area contributed by atoms with E-state index in [0.29, 0.717) is 22.0 Å². The lowest BCUT2D eigenvalue weighted by molar-refractivity contribution is 0.102. The van der Waals surface area contributed by atoms with Crippen molar-refractivity contribution in [3.8, 4) is 5.69 Å². The first-order valence-corrected chi connectivity index (χ1v) is 7.70. The summed E-state index contributed by atoms with van der Waals surface area (Å²) in [5.74, 6) is -0.345. The molecule has 0 spiro atoms. The van der Waals surface area contributed by atoms with E-state index in [1.54, 1.807) is 35.9 Å². The van der Waals surface area contributed by atoms with Gasteiger partial charge in [0.25, 0.3) is 5.91 Å². The van der Waals surface area contributed by atoms with Gasteiger partial charge < -0.3 is 5.32 Å². The van der Waals surface area contributed by atoms with Gasteiger partial charge >= 0.3 is 0 Å². The topological polar surface area (TPSA) is 46.9 Å². The second-order valence-electron chi connectivity index (χ2n) is 4.93. The molecule has 23 heavy (non-hydrogen) atoms. The van der Waals surface area contributed by atoms with E-state index < -0.39 is 0 Å². The minimum atomic E-state index is -0.345. The molecule has 0 unspecified atom stereocenters. The lowest BCUT2D eigenvalue weighted by Gasteiger charge is -2.07. The number of carbonyl (C=O) groups is 1. The number of rotatable bonds is 3. The molecule has 2 aromatic carbocycles. The molecule has 3 aromatic rings. The molecule has 1 aromatic heterocycles. The first-order chi connectivity index (χ1) is 11.1. The van der Waals surface area contributed by atoms with Crippen LogP contribution in [0.4, 0.5) is 5.69 Å². The molecule has 6 heteroatoms. The van der Waals surface area contributed by atoms with Crippen LogP contribution in [-0.4, -0.2) is 15.7 Å². The molecule has 0 aliphatic carbocycles. The first-order valence-electron chi connectivity index (χ1n) is 6.94. The minimum absolute atomic E-state index is 0.262. The summed E-state index contributed by atoms with van der Waals surface area (Å²) in [6.45, 7) is 1.74. The highest BCUT2D eigenvalue weighted by Crippen LogP contribution is 2.26. The molecule has 1 N–H and O–H groups in total. The molecule has 3 rings (SSSR count). The summed E-state index contributed by atoms with van der Waals surface area (Å²) in [7, 11) is 0. The maximum Gasteiger partial charge on any atom is 0.260 e. The number of amides is 1. The van der Waals surface area contributed by atoms with Crippen molar-refractivity contribution in [2.45, 2.75) is 6.92 Å². The lowest BCUT2D eigenvalue weighted by Crippen LogP contribution is -2.13. The van der Waals surface area contributed by atoms with E-state index in [2.05, 4.69) is 10.4 Å². The van der Waals surface area contributed by atoms with Gasteiger partial charge in [-0.15, -0.1) is 0 Å². The summed E-state index contributed by atoms with van der Waals surface area (Å²) in [6, 6.07) is 16.4. The highest BCUT2D eigenvalue weighted by molar-refractivity contribution is 6.35. The summed E-state index contributed by atoms with van der Waals surface area (Å²) in [5.41, 5.74) is 2.19. The summed E-state index contributed by atoms with van der Waals surface area (Å²) in [5, 5.41) is 7.85. The van der Waals surface area contributed by atoms with Crippen LogP contribution in [0.5, 0.6) is 0 Å². The fourth-order valence-corrected chi connectivity index (χ4v) is 2.79. The third kappa shape index (κ3) is 3.09. The average molecular weight is 346 g/mol. The molecule has 116 valence electrons. The first kappa shape index (κ1) is 15.6. The Balaban J connectivity index is 1.96. The van der Waals surface area contributed by atoms with E-state index in [0.717, 1.165) is 5.69 Å². The van der Waals surface area contributed by atoms with E-state index in [4.69, 9.17) is 23.2 Å². The van der Waals surface area contributed by atoms with Crippen LogP contribution in [0, 0.1) is 6.92 Å². The predicted octanol–water partition coefficient (Wildman–Crippen LogP) is 4.74. The molecule has 1 heterocycles. The third-order valence-electron chi connectivity index (χ3n) is 3.35. The van der Waals surface area contributed by atoms with Crippen molar-refractivity contribution < 1.29 is 4.79 Å². The smallest absolute Gasteiger partial charge is 0.260 e. The number of aryl methyl sites for hydroxylation is 1. The van der Waals surface area contributed by atoms with Crippen molar-refractivity contribution in [2.24, 2.45) is 0 Å². The molecule has 0 aliphatic heterocycles. The standard InChI is InChI=1S/C17H13Cl2N3O/c1-11-15(17(23)20-14-10-6-5-9-13(14)18)16(19)22(21-11)12-7-3-2-4-8-12/h2-10H,1H3,(H,20,23). The zero-order valence-corrected chi connectivity index (χ0v) is 13.8. The highest BCUT2D eigenvalue weighted by Gasteiger charge is 2.21. The Bertz CT molecular complexity index is 860. The average Bonchev–Trinajstić information content (AvgIpc) is 2.85. The van der Waals surface area contributed by atoms with Crippen LogP contribution in [0.1, 0.15) is 16.1 Å². The number of hydrogen-bond acceptors (Lipinski definition) is 2. The van der Waals surface area contributed by atoms with Gasteiger partial charge in [0.1, 0.15) is 10.7 Å². The normalized spacial score (nSPS) is 10.6. The zero-order valence-electron chi connectivity index (χ0n) is 12.3. The molecular formula is C17H13Cl2N3O. The van der Waals surface area contributed by atoms with Crippen LogP contribution in [0.2, 0.25) is 10.2 Å². The molecule has 0 radical (unpaired) electrons. The number of hydrogen-bond donors (Lipinski definition) is 1. The SMILES string of the molecule is Cc1nn(-c2ccccc2)c(Cl)c1C(=O)Nc1ccccc1Cl. The molecule has 0 fully saturated rings. The van der Waals surface area contributed by atoms with Crippen LogP contribution >= 0.6 is 23.2 Å². The van der Waals surface area contributed by atoms with Crippen LogP contribution < -0.4 is 5.32 Å². The maximum atomic E-state index is 12.5. The zero-order chi connectivity index (χ0) is 16.4. The largest absolute Gasteiger partial charge is 0.320 e. The van der Waals surface area contributed by atoms with Crippen molar-refractivity contribution >= 4 is 34.8 Å². The molecular weight excluding hydrogens is 333 g/mol.